The molecule has 0 aliphatic carbocycles. The second-order valence-corrected chi connectivity index (χ2v) is 3.02. The fourth-order valence-corrected chi connectivity index (χ4v) is 1.74. The summed E-state index contributed by atoms with van der Waals surface area (Å²) in [5.74, 6) is 0. The van der Waals surface area contributed by atoms with Gasteiger partial charge in [0, 0.05) is 0 Å². The first-order valence-electron chi connectivity index (χ1n) is 2.80. The molecule has 0 fully saturated rings. The summed E-state index contributed by atoms with van der Waals surface area (Å²) < 4.78 is 6.50. The second kappa shape index (κ2) is 2.38. The van der Waals surface area contributed by atoms with E-state index >= 15 is 0 Å². The number of rotatable bonds is 0. The molecule has 1 aliphatic rings. The minimum atomic E-state index is 1.01. The lowest BCUT2D eigenvalue weighted by Crippen LogP contribution is -1.98. The van der Waals surface area contributed by atoms with Crippen molar-refractivity contribution < 1.29 is 4.28 Å². The molecular formula is C6H5NOS2. The fourth-order valence-electron chi connectivity index (χ4n) is 0.801. The van der Waals surface area contributed by atoms with Gasteiger partial charge in [0.15, 0.2) is 0 Å². The van der Waals surface area contributed by atoms with Crippen LogP contribution < -0.4 is 4.47 Å². The Hall–Kier alpha value is -0.320. The minimum Gasteiger partial charge on any atom is -0.186 e. The average Bonchev–Trinajstić information content (AvgIpc) is 2.34. The first-order chi connectivity index (χ1) is 4.88. The first kappa shape index (κ1) is 6.39. The lowest BCUT2D eigenvalue weighted by molar-refractivity contribution is 0.433. The summed E-state index contributed by atoms with van der Waals surface area (Å²) in [6.07, 6.45) is 0. The third-order valence-electron chi connectivity index (χ3n) is 1.27. The molecule has 0 amide bonds. The van der Waals surface area contributed by atoms with Crippen LogP contribution in [0.25, 0.3) is 0 Å². The smallest absolute Gasteiger partial charge is 0.0935 e. The molecule has 0 aromatic heterocycles. The number of hydrogen-bond donors (Lipinski definition) is 1. The maximum atomic E-state index is 5.04. The lowest BCUT2D eigenvalue weighted by Gasteiger charge is -2.04. The Bertz CT molecular complexity index is 253. The van der Waals surface area contributed by atoms with E-state index in [2.05, 4.69) is 12.8 Å². The molecule has 0 saturated carbocycles. The molecule has 0 unspecified atom stereocenters. The van der Waals surface area contributed by atoms with Gasteiger partial charge in [0.05, 0.1) is 22.6 Å². The molecule has 0 saturated heterocycles. The Balaban J connectivity index is 2.51. The molecule has 2 rings (SSSR count). The molecule has 1 aliphatic heterocycles. The van der Waals surface area contributed by atoms with Crippen molar-refractivity contribution in [3.63, 3.8) is 0 Å². The second-order valence-electron chi connectivity index (χ2n) is 1.90. The van der Waals surface area contributed by atoms with Crippen LogP contribution in [-0.2, 0) is 4.28 Å². The van der Waals surface area contributed by atoms with E-state index in [0.29, 0.717) is 0 Å². The van der Waals surface area contributed by atoms with Crippen molar-refractivity contribution in [2.24, 2.45) is 0 Å². The average molecular weight is 171 g/mol. The molecule has 4 heteroatoms. The maximum absolute atomic E-state index is 5.04. The maximum Gasteiger partial charge on any atom is 0.0935 e. The van der Waals surface area contributed by atoms with Crippen molar-refractivity contribution in [2.75, 3.05) is 4.47 Å². The largest absolute Gasteiger partial charge is 0.186 e. The van der Waals surface area contributed by atoms with Crippen LogP contribution in [0.3, 0.4) is 0 Å². The van der Waals surface area contributed by atoms with Crippen LogP contribution in [0.5, 0.6) is 0 Å². The van der Waals surface area contributed by atoms with Crippen molar-refractivity contribution in [1.82, 2.24) is 0 Å². The van der Waals surface area contributed by atoms with Gasteiger partial charge in [0.2, 0.25) is 0 Å². The summed E-state index contributed by atoms with van der Waals surface area (Å²) in [5.41, 5.74) is 1.01. The Morgan fingerprint density at radius 3 is 3.00 bits per heavy atom. The van der Waals surface area contributed by atoms with Crippen LogP contribution in [-0.4, -0.2) is 0 Å². The normalized spacial score (nSPS) is 15.5. The molecule has 0 radical (unpaired) electrons. The van der Waals surface area contributed by atoms with Crippen LogP contribution >= 0.6 is 24.9 Å². The number of para-hydroxylation sites is 1. The third kappa shape index (κ3) is 0.885. The Kier molecular flexibility index (Phi) is 1.52. The van der Waals surface area contributed by atoms with E-state index in [9.17, 15) is 0 Å². The predicted octanol–water partition coefficient (Wildman–Crippen LogP) is 2.29. The molecule has 0 bridgehead atoms. The summed E-state index contributed by atoms with van der Waals surface area (Å²) in [5, 5.41) is 0. The topological polar surface area (TPSA) is 12.5 Å². The Morgan fingerprint density at radius 1 is 1.40 bits per heavy atom. The van der Waals surface area contributed by atoms with Gasteiger partial charge in [0.1, 0.15) is 0 Å². The monoisotopic (exact) mass is 171 g/mol. The Morgan fingerprint density at radius 2 is 2.20 bits per heavy atom. The Labute approximate surface area is 68.9 Å². The zero-order valence-corrected chi connectivity index (χ0v) is 6.73. The van der Waals surface area contributed by atoms with E-state index in [-0.39, 0.29) is 0 Å². The van der Waals surface area contributed by atoms with Gasteiger partial charge >= 0.3 is 0 Å². The van der Waals surface area contributed by atoms with Gasteiger partial charge in [-0.25, -0.2) is 0 Å². The highest BCUT2D eigenvalue weighted by Crippen LogP contribution is 2.39. The molecule has 1 heterocycles. The highest BCUT2D eigenvalue weighted by molar-refractivity contribution is 7.96. The number of hydrogen-bond acceptors (Lipinski definition) is 4. The summed E-state index contributed by atoms with van der Waals surface area (Å²) >= 11 is 5.39. The molecule has 10 heavy (non-hydrogen) atoms. The quantitative estimate of drug-likeness (QED) is 0.475. The van der Waals surface area contributed by atoms with Crippen molar-refractivity contribution in [3.05, 3.63) is 24.3 Å². The zero-order valence-electron chi connectivity index (χ0n) is 5.02. The summed E-state index contributed by atoms with van der Waals surface area (Å²) in [7, 11) is 0. The highest BCUT2D eigenvalue weighted by atomic mass is 32.2. The van der Waals surface area contributed by atoms with E-state index in [1.165, 1.54) is 16.5 Å². The van der Waals surface area contributed by atoms with E-state index in [1.54, 1.807) is 0 Å². The van der Waals surface area contributed by atoms with E-state index < -0.39 is 0 Å². The minimum absolute atomic E-state index is 1.01. The van der Waals surface area contributed by atoms with Crippen LogP contribution in [0.15, 0.2) is 29.2 Å². The van der Waals surface area contributed by atoms with Crippen molar-refractivity contribution in [1.29, 1.82) is 0 Å². The fraction of sp³-hybridized carbons (Fsp3) is 0. The van der Waals surface area contributed by atoms with Crippen LogP contribution in [0.1, 0.15) is 0 Å². The molecule has 0 spiro atoms. The number of thiol groups is 1. The standard InChI is InChI=1S/C6H5NOS2/c9-7-5-3-1-2-4-6(5)10-8-7/h1-4,9H. The van der Waals surface area contributed by atoms with E-state index in [4.69, 9.17) is 4.28 Å². The van der Waals surface area contributed by atoms with Crippen LogP contribution in [0, 0.1) is 0 Å². The van der Waals surface area contributed by atoms with Crippen molar-refractivity contribution in [2.45, 2.75) is 4.90 Å². The molecule has 52 valence electrons. The summed E-state index contributed by atoms with van der Waals surface area (Å²) in [6.45, 7) is 0. The van der Waals surface area contributed by atoms with Crippen LogP contribution in [0.4, 0.5) is 5.69 Å². The van der Waals surface area contributed by atoms with Crippen molar-refractivity contribution >= 4 is 30.5 Å². The van der Waals surface area contributed by atoms with Crippen LogP contribution in [0.2, 0.25) is 0 Å². The van der Waals surface area contributed by atoms with E-state index in [1.807, 2.05) is 24.3 Å². The zero-order chi connectivity index (χ0) is 6.97. The predicted molar refractivity (Wildman–Crippen MR) is 44.8 cm³/mol. The SMILES string of the molecule is SN1OSc2ccccc21. The van der Waals surface area contributed by atoms with Crippen molar-refractivity contribution in [3.8, 4) is 0 Å². The molecular weight excluding hydrogens is 166 g/mol. The molecule has 0 N–H and O–H groups in total. The van der Waals surface area contributed by atoms with E-state index in [0.717, 1.165) is 10.6 Å². The van der Waals surface area contributed by atoms with Gasteiger partial charge in [-0.1, -0.05) is 12.1 Å². The number of anilines is 1. The van der Waals surface area contributed by atoms with Gasteiger partial charge in [-0.2, -0.15) is 8.75 Å². The van der Waals surface area contributed by atoms with Gasteiger partial charge in [-0.3, -0.25) is 0 Å². The number of fused-ring (bicyclic) bond motifs is 1. The highest BCUT2D eigenvalue weighted by Gasteiger charge is 2.17. The molecule has 2 nitrogen and oxygen atoms in total. The number of benzene rings is 1. The summed E-state index contributed by atoms with van der Waals surface area (Å²) in [4.78, 5) is 1.11. The van der Waals surface area contributed by atoms with Gasteiger partial charge in [-0.05, 0) is 24.9 Å². The van der Waals surface area contributed by atoms with Gasteiger partial charge < -0.3 is 0 Å². The number of nitrogens with zero attached hydrogens (tertiary/aromatic N) is 1. The summed E-state index contributed by atoms with van der Waals surface area (Å²) in [6, 6.07) is 7.89. The molecule has 1 aromatic carbocycles. The van der Waals surface area contributed by atoms with Gasteiger partial charge in [0.25, 0.3) is 0 Å². The molecule has 0 atom stereocenters. The lowest BCUT2D eigenvalue weighted by atomic mass is 10.3. The molecule has 1 aromatic rings. The third-order valence-corrected chi connectivity index (χ3v) is 2.42. The first-order valence-corrected chi connectivity index (χ1v) is 3.95. The van der Waals surface area contributed by atoms with Gasteiger partial charge in [-0.15, -0.1) is 0 Å².